The molecular formula is C28H30N2O5. The second kappa shape index (κ2) is 12.4. The molecule has 0 radical (unpaired) electrons. The number of amides is 2. The zero-order chi connectivity index (χ0) is 25.2. The number of aryl methyl sites for hydroxylation is 3. The van der Waals surface area contributed by atoms with Crippen LogP contribution in [-0.4, -0.2) is 24.4 Å². The van der Waals surface area contributed by atoms with Crippen LogP contribution in [0, 0.1) is 20.8 Å². The van der Waals surface area contributed by atoms with Gasteiger partial charge in [0.05, 0.1) is 0 Å². The van der Waals surface area contributed by atoms with Crippen LogP contribution in [0.3, 0.4) is 0 Å². The molecule has 182 valence electrons. The fourth-order valence-corrected chi connectivity index (χ4v) is 3.37. The second-order valence-corrected chi connectivity index (χ2v) is 8.32. The van der Waals surface area contributed by atoms with Gasteiger partial charge in [-0.15, -0.1) is 0 Å². The van der Waals surface area contributed by atoms with E-state index in [0.717, 1.165) is 28.1 Å². The molecule has 0 heterocycles. The van der Waals surface area contributed by atoms with E-state index in [-0.39, 0.29) is 25.4 Å². The highest BCUT2D eigenvalue weighted by atomic mass is 16.5. The van der Waals surface area contributed by atoms with Crippen LogP contribution in [-0.2, 0) is 19.1 Å². The molecule has 0 bridgehead atoms. The first-order valence-electron chi connectivity index (χ1n) is 11.5. The molecule has 0 atom stereocenters. The summed E-state index contributed by atoms with van der Waals surface area (Å²) in [5, 5.41) is 5.56. The summed E-state index contributed by atoms with van der Waals surface area (Å²) in [5.74, 6) is 0.270. The van der Waals surface area contributed by atoms with Crippen molar-refractivity contribution in [2.45, 2.75) is 40.0 Å². The fourth-order valence-electron chi connectivity index (χ4n) is 3.37. The molecule has 0 aliphatic rings. The van der Waals surface area contributed by atoms with Crippen molar-refractivity contribution < 1.29 is 23.9 Å². The molecule has 0 fully saturated rings. The minimum atomic E-state index is -0.521. The third-order valence-corrected chi connectivity index (χ3v) is 5.29. The van der Waals surface area contributed by atoms with E-state index in [1.165, 1.54) is 0 Å². The molecule has 0 unspecified atom stereocenters. The van der Waals surface area contributed by atoms with E-state index in [1.807, 2.05) is 63.2 Å². The molecular weight excluding hydrogens is 444 g/mol. The SMILES string of the molecule is Cc1ccc(Oc2ccc(NC(=O)CCCC(=O)OCC(=O)Nc3c(C)cccc3C)cc2)cc1. The first-order valence-corrected chi connectivity index (χ1v) is 11.5. The third kappa shape index (κ3) is 8.30. The third-order valence-electron chi connectivity index (χ3n) is 5.29. The number of carbonyl (C=O) groups excluding carboxylic acids is 3. The number of benzene rings is 3. The normalized spacial score (nSPS) is 10.4. The summed E-state index contributed by atoms with van der Waals surface area (Å²) < 4.78 is 10.8. The van der Waals surface area contributed by atoms with Gasteiger partial charge in [0.25, 0.3) is 5.91 Å². The Labute approximate surface area is 205 Å². The Morgan fingerprint density at radius 1 is 0.714 bits per heavy atom. The van der Waals surface area contributed by atoms with Gasteiger partial charge in [-0.25, -0.2) is 0 Å². The van der Waals surface area contributed by atoms with Crippen molar-refractivity contribution in [1.29, 1.82) is 0 Å². The smallest absolute Gasteiger partial charge is 0.306 e. The summed E-state index contributed by atoms with van der Waals surface area (Å²) in [6.45, 7) is 5.44. The van der Waals surface area contributed by atoms with E-state index in [1.54, 1.807) is 24.3 Å². The molecule has 0 saturated heterocycles. The maximum Gasteiger partial charge on any atom is 0.306 e. The number of hydrogen-bond acceptors (Lipinski definition) is 5. The Kier molecular flexibility index (Phi) is 9.01. The van der Waals surface area contributed by atoms with E-state index in [4.69, 9.17) is 9.47 Å². The van der Waals surface area contributed by atoms with Crippen LogP contribution in [0.25, 0.3) is 0 Å². The highest BCUT2D eigenvalue weighted by Crippen LogP contribution is 2.23. The van der Waals surface area contributed by atoms with Crippen molar-refractivity contribution in [3.63, 3.8) is 0 Å². The standard InChI is InChI=1S/C28H30N2O5/c1-19-10-14-23(15-11-19)35-24-16-12-22(13-17-24)29-25(31)8-5-9-27(33)34-18-26(32)30-28-20(2)6-4-7-21(28)3/h4,6-7,10-17H,5,8-9,18H2,1-3H3,(H,29,31)(H,30,32). The molecule has 35 heavy (non-hydrogen) atoms. The Morgan fingerprint density at radius 2 is 1.31 bits per heavy atom. The van der Waals surface area contributed by atoms with Gasteiger partial charge in [0.1, 0.15) is 11.5 Å². The molecule has 7 nitrogen and oxygen atoms in total. The van der Waals surface area contributed by atoms with E-state index < -0.39 is 11.9 Å². The van der Waals surface area contributed by atoms with Gasteiger partial charge in [0.15, 0.2) is 6.61 Å². The summed E-state index contributed by atoms with van der Waals surface area (Å²) in [6.07, 6.45) is 0.524. The highest BCUT2D eigenvalue weighted by Gasteiger charge is 2.11. The van der Waals surface area contributed by atoms with Crippen LogP contribution in [0.5, 0.6) is 11.5 Å². The van der Waals surface area contributed by atoms with Crippen molar-refractivity contribution >= 4 is 29.2 Å². The Bertz CT molecular complexity index is 1150. The molecule has 0 aromatic heterocycles. The molecule has 3 rings (SSSR count). The van der Waals surface area contributed by atoms with Crippen LogP contribution in [0.1, 0.15) is 36.0 Å². The Morgan fingerprint density at radius 3 is 1.94 bits per heavy atom. The maximum absolute atomic E-state index is 12.2. The van der Waals surface area contributed by atoms with E-state index >= 15 is 0 Å². The van der Waals surface area contributed by atoms with E-state index in [2.05, 4.69) is 10.6 Å². The first-order chi connectivity index (χ1) is 16.8. The van der Waals surface area contributed by atoms with Gasteiger partial charge >= 0.3 is 5.97 Å². The largest absolute Gasteiger partial charge is 0.457 e. The van der Waals surface area contributed by atoms with Gasteiger partial charge in [-0.3, -0.25) is 14.4 Å². The van der Waals surface area contributed by atoms with Gasteiger partial charge in [0, 0.05) is 24.2 Å². The highest BCUT2D eigenvalue weighted by molar-refractivity contribution is 5.94. The number of ether oxygens (including phenoxy) is 2. The topological polar surface area (TPSA) is 93.7 Å². The molecule has 0 aliphatic heterocycles. The Hall–Kier alpha value is -4.13. The maximum atomic E-state index is 12.2. The second-order valence-electron chi connectivity index (χ2n) is 8.32. The lowest BCUT2D eigenvalue weighted by Crippen LogP contribution is -2.22. The number of carbonyl (C=O) groups is 3. The zero-order valence-corrected chi connectivity index (χ0v) is 20.2. The molecule has 0 aliphatic carbocycles. The van der Waals surface area contributed by atoms with Crippen molar-refractivity contribution in [3.05, 3.63) is 83.4 Å². The van der Waals surface area contributed by atoms with Crippen LogP contribution in [0.2, 0.25) is 0 Å². The summed E-state index contributed by atoms with van der Waals surface area (Å²) in [7, 11) is 0. The number of nitrogens with one attached hydrogen (secondary N) is 2. The van der Waals surface area contributed by atoms with Crippen molar-refractivity contribution in [2.75, 3.05) is 17.2 Å². The van der Waals surface area contributed by atoms with Gasteiger partial charge in [-0.1, -0.05) is 35.9 Å². The van der Waals surface area contributed by atoms with Gasteiger partial charge in [-0.05, 0) is 74.7 Å². The van der Waals surface area contributed by atoms with E-state index in [0.29, 0.717) is 17.9 Å². The minimum Gasteiger partial charge on any atom is -0.457 e. The number of rotatable bonds is 10. The lowest BCUT2D eigenvalue weighted by molar-refractivity contribution is -0.147. The van der Waals surface area contributed by atoms with E-state index in [9.17, 15) is 14.4 Å². The number of esters is 1. The minimum absolute atomic E-state index is 0.0490. The lowest BCUT2D eigenvalue weighted by atomic mass is 10.1. The summed E-state index contributed by atoms with van der Waals surface area (Å²) >= 11 is 0. The predicted octanol–water partition coefficient (Wildman–Crippen LogP) is 5.69. The van der Waals surface area contributed by atoms with Gasteiger partial charge in [-0.2, -0.15) is 0 Å². The zero-order valence-electron chi connectivity index (χ0n) is 20.2. The Balaban J connectivity index is 1.34. The van der Waals surface area contributed by atoms with Gasteiger partial charge < -0.3 is 20.1 Å². The molecule has 2 N–H and O–H groups in total. The molecule has 0 saturated carbocycles. The van der Waals surface area contributed by atoms with Crippen LogP contribution < -0.4 is 15.4 Å². The van der Waals surface area contributed by atoms with Crippen LogP contribution in [0.15, 0.2) is 66.7 Å². The van der Waals surface area contributed by atoms with Crippen LogP contribution in [0.4, 0.5) is 11.4 Å². The van der Waals surface area contributed by atoms with Crippen molar-refractivity contribution in [3.8, 4) is 11.5 Å². The monoisotopic (exact) mass is 474 g/mol. The number of anilines is 2. The molecule has 2 amide bonds. The summed E-state index contributed by atoms with van der Waals surface area (Å²) in [6, 6.07) is 20.5. The molecule has 0 spiro atoms. The first kappa shape index (κ1) is 25.5. The molecule has 3 aromatic carbocycles. The lowest BCUT2D eigenvalue weighted by Gasteiger charge is -2.11. The molecule has 7 heteroatoms. The average molecular weight is 475 g/mol. The summed E-state index contributed by atoms with van der Waals surface area (Å²) in [4.78, 5) is 36.2. The van der Waals surface area contributed by atoms with Crippen LogP contribution >= 0.6 is 0 Å². The van der Waals surface area contributed by atoms with Gasteiger partial charge in [0.2, 0.25) is 5.91 Å². The summed E-state index contributed by atoms with van der Waals surface area (Å²) in [5.41, 5.74) is 4.38. The average Bonchev–Trinajstić information content (AvgIpc) is 2.83. The van der Waals surface area contributed by atoms with Crippen molar-refractivity contribution in [1.82, 2.24) is 0 Å². The molecule has 3 aromatic rings. The van der Waals surface area contributed by atoms with Crippen molar-refractivity contribution in [2.24, 2.45) is 0 Å². The quantitative estimate of drug-likeness (QED) is 0.368. The fraction of sp³-hybridized carbons (Fsp3) is 0.250. The number of hydrogen-bond donors (Lipinski definition) is 2. The number of para-hydroxylation sites is 1. The predicted molar refractivity (Wildman–Crippen MR) is 136 cm³/mol.